The number of hydrogen-bond acceptors (Lipinski definition) is 7. The minimum absolute atomic E-state index is 0.285. The monoisotopic (exact) mass is 371 g/mol. The van der Waals surface area contributed by atoms with Crippen LogP contribution in [0, 0.1) is 6.92 Å². The van der Waals surface area contributed by atoms with Crippen molar-refractivity contribution in [3.05, 3.63) is 59.9 Å². The summed E-state index contributed by atoms with van der Waals surface area (Å²) in [6.07, 6.45) is 1.65. The fourth-order valence-electron chi connectivity index (χ4n) is 2.83. The summed E-state index contributed by atoms with van der Waals surface area (Å²) in [5.41, 5.74) is 2.12. The van der Waals surface area contributed by atoms with Crippen LogP contribution in [0.25, 0.3) is 11.4 Å². The summed E-state index contributed by atoms with van der Waals surface area (Å²) in [4.78, 5) is 6.56. The molecule has 0 saturated heterocycles. The zero-order valence-corrected chi connectivity index (χ0v) is 15.7. The first-order valence-electron chi connectivity index (χ1n) is 8.95. The van der Waals surface area contributed by atoms with Crippen molar-refractivity contribution in [3.8, 4) is 11.4 Å². The highest BCUT2D eigenvalue weighted by molar-refractivity contribution is 5.54. The number of rotatable bonds is 10. The highest BCUT2D eigenvalue weighted by Crippen LogP contribution is 2.17. The molecule has 144 valence electrons. The summed E-state index contributed by atoms with van der Waals surface area (Å²) in [5.74, 6) is 1.99. The summed E-state index contributed by atoms with van der Waals surface area (Å²) in [6, 6.07) is 11.8. The van der Waals surface area contributed by atoms with Crippen molar-refractivity contribution >= 4 is 0 Å². The summed E-state index contributed by atoms with van der Waals surface area (Å²) >= 11 is 0. The Labute approximate surface area is 158 Å². The lowest BCUT2D eigenvalue weighted by Crippen LogP contribution is -2.35. The van der Waals surface area contributed by atoms with Gasteiger partial charge in [-0.2, -0.15) is 4.98 Å². The number of nitrogens with zero attached hydrogens (tertiary/aromatic N) is 3. The number of aliphatic hydroxyl groups is 1. The Hall–Kier alpha value is -2.48. The number of aromatic nitrogens is 2. The maximum Gasteiger partial charge on any atom is 0.228 e. The zero-order chi connectivity index (χ0) is 19.1. The van der Waals surface area contributed by atoms with Gasteiger partial charge in [-0.3, -0.25) is 4.90 Å². The van der Waals surface area contributed by atoms with Gasteiger partial charge in [0, 0.05) is 32.2 Å². The average Bonchev–Trinajstić information content (AvgIpc) is 3.32. The number of methoxy groups -OCH3 is 1. The molecular weight excluding hydrogens is 346 g/mol. The van der Waals surface area contributed by atoms with Gasteiger partial charge in [-0.05, 0) is 19.1 Å². The summed E-state index contributed by atoms with van der Waals surface area (Å²) in [5, 5.41) is 14.1. The minimum atomic E-state index is -0.573. The Morgan fingerprint density at radius 3 is 2.74 bits per heavy atom. The van der Waals surface area contributed by atoms with Gasteiger partial charge in [-0.1, -0.05) is 35.0 Å². The molecule has 27 heavy (non-hydrogen) atoms. The fraction of sp³-hybridized carbons (Fsp3) is 0.400. The van der Waals surface area contributed by atoms with E-state index in [1.807, 2.05) is 43.3 Å². The minimum Gasteiger partial charge on any atom is -0.468 e. The average molecular weight is 371 g/mol. The van der Waals surface area contributed by atoms with Gasteiger partial charge in [0.15, 0.2) is 0 Å². The van der Waals surface area contributed by atoms with Crippen LogP contribution in [0.15, 0.2) is 51.6 Å². The van der Waals surface area contributed by atoms with Gasteiger partial charge in [0.05, 0.1) is 25.5 Å². The Morgan fingerprint density at radius 2 is 2.04 bits per heavy atom. The third-order valence-electron chi connectivity index (χ3n) is 4.21. The maximum absolute atomic E-state index is 10.1. The fourth-order valence-corrected chi connectivity index (χ4v) is 2.83. The van der Waals surface area contributed by atoms with Crippen molar-refractivity contribution < 1.29 is 18.8 Å². The van der Waals surface area contributed by atoms with E-state index in [1.165, 1.54) is 5.56 Å². The summed E-state index contributed by atoms with van der Waals surface area (Å²) in [6.45, 7) is 4.03. The number of aryl methyl sites for hydroxylation is 1. The van der Waals surface area contributed by atoms with E-state index in [0.29, 0.717) is 37.8 Å². The van der Waals surface area contributed by atoms with Gasteiger partial charge >= 0.3 is 0 Å². The second kappa shape index (κ2) is 9.45. The van der Waals surface area contributed by atoms with Crippen LogP contribution < -0.4 is 0 Å². The topological polar surface area (TPSA) is 84.8 Å². The van der Waals surface area contributed by atoms with Gasteiger partial charge in [0.25, 0.3) is 0 Å². The number of furan rings is 1. The molecule has 0 radical (unpaired) electrons. The molecular formula is C20H25N3O4. The van der Waals surface area contributed by atoms with E-state index in [9.17, 15) is 5.11 Å². The van der Waals surface area contributed by atoms with Crippen molar-refractivity contribution in [3.63, 3.8) is 0 Å². The summed E-state index contributed by atoms with van der Waals surface area (Å²) < 4.78 is 15.8. The molecule has 2 heterocycles. The molecule has 7 heteroatoms. The van der Waals surface area contributed by atoms with E-state index < -0.39 is 6.10 Å². The van der Waals surface area contributed by atoms with Crippen molar-refractivity contribution in [1.82, 2.24) is 15.0 Å². The highest BCUT2D eigenvalue weighted by Gasteiger charge is 2.16. The maximum atomic E-state index is 10.1. The first-order chi connectivity index (χ1) is 13.1. The molecule has 0 unspecified atom stereocenters. The SMILES string of the molecule is COC[C@@H](O)CN(CCc1nc(-c2ccc(C)cc2)no1)Cc1ccco1. The molecule has 0 amide bonds. The van der Waals surface area contributed by atoms with Gasteiger partial charge in [-0.25, -0.2) is 0 Å². The van der Waals surface area contributed by atoms with Crippen LogP contribution in [0.2, 0.25) is 0 Å². The Morgan fingerprint density at radius 1 is 1.22 bits per heavy atom. The second-order valence-corrected chi connectivity index (χ2v) is 6.55. The molecule has 0 saturated carbocycles. The van der Waals surface area contributed by atoms with Gasteiger partial charge in [0.1, 0.15) is 5.76 Å². The van der Waals surface area contributed by atoms with Crippen LogP contribution >= 0.6 is 0 Å². The number of ether oxygens (including phenoxy) is 1. The molecule has 0 spiro atoms. The van der Waals surface area contributed by atoms with Crippen molar-refractivity contribution in [2.24, 2.45) is 0 Å². The van der Waals surface area contributed by atoms with E-state index >= 15 is 0 Å². The molecule has 0 aliphatic carbocycles. The molecule has 3 aromatic rings. The predicted octanol–water partition coefficient (Wildman–Crippen LogP) is 2.69. The molecule has 0 bridgehead atoms. The van der Waals surface area contributed by atoms with E-state index in [2.05, 4.69) is 15.0 Å². The normalized spacial score (nSPS) is 12.6. The lowest BCUT2D eigenvalue weighted by molar-refractivity contribution is 0.0341. The predicted molar refractivity (Wildman–Crippen MR) is 100 cm³/mol. The quantitative estimate of drug-likeness (QED) is 0.586. The Bertz CT molecular complexity index is 799. The number of hydrogen-bond donors (Lipinski definition) is 1. The van der Waals surface area contributed by atoms with Crippen LogP contribution in [0.4, 0.5) is 0 Å². The van der Waals surface area contributed by atoms with E-state index in [-0.39, 0.29) is 6.61 Å². The summed E-state index contributed by atoms with van der Waals surface area (Å²) in [7, 11) is 1.57. The van der Waals surface area contributed by atoms with Crippen LogP contribution in [-0.4, -0.2) is 53.1 Å². The lowest BCUT2D eigenvalue weighted by atomic mass is 10.1. The van der Waals surface area contributed by atoms with Crippen molar-refractivity contribution in [2.75, 3.05) is 26.8 Å². The molecule has 2 aromatic heterocycles. The van der Waals surface area contributed by atoms with Crippen LogP contribution in [0.3, 0.4) is 0 Å². The van der Waals surface area contributed by atoms with Crippen molar-refractivity contribution in [2.45, 2.75) is 26.0 Å². The third kappa shape index (κ3) is 5.75. The largest absolute Gasteiger partial charge is 0.468 e. The Balaban J connectivity index is 1.61. The molecule has 0 aliphatic heterocycles. The van der Waals surface area contributed by atoms with Crippen LogP contribution in [-0.2, 0) is 17.7 Å². The Kier molecular flexibility index (Phi) is 6.75. The third-order valence-corrected chi connectivity index (χ3v) is 4.21. The number of benzene rings is 1. The first-order valence-corrected chi connectivity index (χ1v) is 8.95. The molecule has 0 aliphatic rings. The molecule has 1 aromatic carbocycles. The lowest BCUT2D eigenvalue weighted by Gasteiger charge is -2.23. The molecule has 0 fully saturated rings. The van der Waals surface area contributed by atoms with Crippen molar-refractivity contribution in [1.29, 1.82) is 0 Å². The molecule has 3 rings (SSSR count). The standard InChI is InChI=1S/C20H25N3O4/c1-15-5-7-16(8-6-15)20-21-19(27-22-20)9-10-23(12-17(24)14-25-2)13-18-4-3-11-26-18/h3-8,11,17,24H,9-10,12-14H2,1-2H3/t17-/m0/s1. The van der Waals surface area contributed by atoms with Gasteiger partial charge in [-0.15, -0.1) is 0 Å². The number of aliphatic hydroxyl groups excluding tert-OH is 1. The molecule has 7 nitrogen and oxygen atoms in total. The van der Waals surface area contributed by atoms with E-state index in [4.69, 9.17) is 13.7 Å². The zero-order valence-electron chi connectivity index (χ0n) is 15.7. The molecule has 1 N–H and O–H groups in total. The first kappa shape index (κ1) is 19.3. The second-order valence-electron chi connectivity index (χ2n) is 6.55. The van der Waals surface area contributed by atoms with Crippen LogP contribution in [0.5, 0.6) is 0 Å². The molecule has 1 atom stereocenters. The van der Waals surface area contributed by atoms with Gasteiger partial charge in [0.2, 0.25) is 11.7 Å². The van der Waals surface area contributed by atoms with Gasteiger partial charge < -0.3 is 18.8 Å². The van der Waals surface area contributed by atoms with E-state index in [0.717, 1.165) is 11.3 Å². The van der Waals surface area contributed by atoms with E-state index in [1.54, 1.807) is 13.4 Å². The highest BCUT2D eigenvalue weighted by atomic mass is 16.5. The van der Waals surface area contributed by atoms with Crippen LogP contribution in [0.1, 0.15) is 17.2 Å². The smallest absolute Gasteiger partial charge is 0.228 e.